The molecule has 0 atom stereocenters. The summed E-state index contributed by atoms with van der Waals surface area (Å²) in [6.45, 7) is 2.01. The zero-order chi connectivity index (χ0) is 17.6. The molecule has 3 aromatic rings. The summed E-state index contributed by atoms with van der Waals surface area (Å²) in [5, 5.41) is 21.3. The predicted octanol–water partition coefficient (Wildman–Crippen LogP) is 3.35. The van der Waals surface area contributed by atoms with Gasteiger partial charge in [0.15, 0.2) is 5.82 Å². The molecule has 0 amide bonds. The van der Waals surface area contributed by atoms with Gasteiger partial charge in [-0.1, -0.05) is 17.7 Å². The van der Waals surface area contributed by atoms with E-state index in [-0.39, 0.29) is 21.9 Å². The van der Waals surface area contributed by atoms with Crippen LogP contribution in [0.15, 0.2) is 30.3 Å². The second kappa shape index (κ2) is 6.09. The third-order valence-electron chi connectivity index (χ3n) is 4.16. The van der Waals surface area contributed by atoms with Crippen molar-refractivity contribution in [2.24, 2.45) is 0 Å². The summed E-state index contributed by atoms with van der Waals surface area (Å²) in [4.78, 5) is 0. The topological polar surface area (TPSA) is 63.0 Å². The Labute approximate surface area is 146 Å². The van der Waals surface area contributed by atoms with E-state index in [0.717, 1.165) is 18.4 Å². The quantitative estimate of drug-likeness (QED) is 0.734. The molecule has 8 heteroatoms. The maximum atomic E-state index is 14.7. The van der Waals surface area contributed by atoms with E-state index in [1.165, 1.54) is 24.3 Å². The Morgan fingerprint density at radius 2 is 1.96 bits per heavy atom. The number of rotatable bonds is 2. The number of fused-ring (bicyclic) bond motifs is 1. The number of phenols is 1. The van der Waals surface area contributed by atoms with Gasteiger partial charge in [-0.3, -0.25) is 0 Å². The number of nitrogens with zero attached hydrogens (tertiary/aromatic N) is 3. The Morgan fingerprint density at radius 3 is 2.72 bits per heavy atom. The molecule has 2 aromatic carbocycles. The van der Waals surface area contributed by atoms with Gasteiger partial charge in [-0.05, 0) is 24.3 Å². The lowest BCUT2D eigenvalue weighted by Gasteiger charge is -2.17. The predicted molar refractivity (Wildman–Crippen MR) is 89.2 cm³/mol. The van der Waals surface area contributed by atoms with Crippen molar-refractivity contribution in [2.45, 2.75) is 13.1 Å². The summed E-state index contributed by atoms with van der Waals surface area (Å²) >= 11 is 6.23. The number of hydrogen-bond donors (Lipinski definition) is 2. The number of hydrogen-bond acceptors (Lipinski definition) is 4. The molecular weight excluding hydrogens is 350 g/mol. The molecule has 2 heterocycles. The highest BCUT2D eigenvalue weighted by molar-refractivity contribution is 6.33. The monoisotopic (exact) mass is 362 g/mol. The SMILES string of the molecule is Oc1cccc(F)c1-c1c(F)cc(-c2nnc3n2CCNC3)cc1Cl. The highest BCUT2D eigenvalue weighted by atomic mass is 35.5. The summed E-state index contributed by atoms with van der Waals surface area (Å²) in [6, 6.07) is 6.49. The zero-order valence-corrected chi connectivity index (χ0v) is 13.7. The molecule has 2 N–H and O–H groups in total. The summed E-state index contributed by atoms with van der Waals surface area (Å²) in [5.41, 5.74) is 0.00724. The van der Waals surface area contributed by atoms with E-state index in [2.05, 4.69) is 15.5 Å². The number of aromatic nitrogens is 3. The molecule has 4 rings (SSSR count). The number of benzene rings is 2. The molecule has 0 aliphatic carbocycles. The van der Waals surface area contributed by atoms with Crippen molar-refractivity contribution in [3.05, 3.63) is 52.8 Å². The Bertz CT molecular complexity index is 930. The number of halogens is 3. The molecule has 0 saturated heterocycles. The van der Waals surface area contributed by atoms with Gasteiger partial charge in [0.1, 0.15) is 23.2 Å². The van der Waals surface area contributed by atoms with Crippen molar-refractivity contribution in [1.82, 2.24) is 20.1 Å². The smallest absolute Gasteiger partial charge is 0.164 e. The van der Waals surface area contributed by atoms with E-state index in [1.807, 2.05) is 4.57 Å². The lowest BCUT2D eigenvalue weighted by atomic mass is 10.0. The lowest BCUT2D eigenvalue weighted by molar-refractivity contribution is 0.471. The molecule has 0 radical (unpaired) electrons. The van der Waals surface area contributed by atoms with Crippen LogP contribution in [0.2, 0.25) is 5.02 Å². The molecule has 25 heavy (non-hydrogen) atoms. The van der Waals surface area contributed by atoms with Gasteiger partial charge in [0.25, 0.3) is 0 Å². The van der Waals surface area contributed by atoms with Gasteiger partial charge in [0.2, 0.25) is 0 Å². The lowest BCUT2D eigenvalue weighted by Crippen LogP contribution is -2.28. The van der Waals surface area contributed by atoms with Gasteiger partial charge in [-0.25, -0.2) is 8.78 Å². The molecule has 128 valence electrons. The molecule has 0 bridgehead atoms. The molecule has 1 aliphatic heterocycles. The van der Waals surface area contributed by atoms with Crippen LogP contribution in [0.25, 0.3) is 22.5 Å². The first-order valence-corrected chi connectivity index (χ1v) is 8.04. The third kappa shape index (κ3) is 2.65. The largest absolute Gasteiger partial charge is 0.507 e. The van der Waals surface area contributed by atoms with Crippen LogP contribution in [0.3, 0.4) is 0 Å². The van der Waals surface area contributed by atoms with Crippen LogP contribution in [0.1, 0.15) is 5.82 Å². The maximum absolute atomic E-state index is 14.7. The molecule has 0 saturated carbocycles. The van der Waals surface area contributed by atoms with Crippen LogP contribution in [-0.4, -0.2) is 26.4 Å². The van der Waals surface area contributed by atoms with Crippen molar-refractivity contribution in [3.63, 3.8) is 0 Å². The minimum Gasteiger partial charge on any atom is -0.507 e. The average molecular weight is 363 g/mol. The summed E-state index contributed by atoms with van der Waals surface area (Å²) in [5.74, 6) is -0.608. The zero-order valence-electron chi connectivity index (χ0n) is 12.9. The van der Waals surface area contributed by atoms with E-state index in [0.29, 0.717) is 24.5 Å². The van der Waals surface area contributed by atoms with E-state index in [9.17, 15) is 13.9 Å². The van der Waals surface area contributed by atoms with Crippen molar-refractivity contribution in [1.29, 1.82) is 0 Å². The van der Waals surface area contributed by atoms with Crippen molar-refractivity contribution in [2.75, 3.05) is 6.54 Å². The minimum atomic E-state index is -0.750. The number of nitrogens with one attached hydrogen (secondary N) is 1. The van der Waals surface area contributed by atoms with E-state index in [1.54, 1.807) is 0 Å². The fourth-order valence-corrected chi connectivity index (χ4v) is 3.31. The highest BCUT2D eigenvalue weighted by Crippen LogP contribution is 2.40. The molecule has 0 fully saturated rings. The minimum absolute atomic E-state index is 0.0123. The molecule has 5 nitrogen and oxygen atoms in total. The van der Waals surface area contributed by atoms with Gasteiger partial charge >= 0.3 is 0 Å². The second-order valence-electron chi connectivity index (χ2n) is 5.72. The number of aromatic hydroxyl groups is 1. The van der Waals surface area contributed by atoms with Gasteiger partial charge in [0, 0.05) is 24.2 Å². The Balaban J connectivity index is 1.86. The fourth-order valence-electron chi connectivity index (χ4n) is 3.01. The van der Waals surface area contributed by atoms with E-state index in [4.69, 9.17) is 11.6 Å². The van der Waals surface area contributed by atoms with E-state index < -0.39 is 11.6 Å². The number of phenolic OH excluding ortho intramolecular Hbond substituents is 1. The molecule has 1 aromatic heterocycles. The Morgan fingerprint density at radius 1 is 1.12 bits per heavy atom. The summed E-state index contributed by atoms with van der Waals surface area (Å²) in [7, 11) is 0. The Kier molecular flexibility index (Phi) is 3.89. The molecular formula is C17H13ClF2N4O. The van der Waals surface area contributed by atoms with Crippen molar-refractivity contribution < 1.29 is 13.9 Å². The average Bonchev–Trinajstić information content (AvgIpc) is 3.01. The van der Waals surface area contributed by atoms with Gasteiger partial charge in [-0.2, -0.15) is 0 Å². The van der Waals surface area contributed by atoms with Gasteiger partial charge in [-0.15, -0.1) is 10.2 Å². The first-order valence-electron chi connectivity index (χ1n) is 7.66. The molecule has 1 aliphatic rings. The van der Waals surface area contributed by atoms with E-state index >= 15 is 0 Å². The standard InChI is InChI=1S/C17H13ClF2N4O/c18-10-6-9(17-23-22-14-8-21-4-5-24(14)17)7-12(20)15(10)16-11(19)2-1-3-13(16)25/h1-3,6-7,21,25H,4-5,8H2. The van der Waals surface area contributed by atoms with Crippen molar-refractivity contribution in [3.8, 4) is 28.3 Å². The first-order chi connectivity index (χ1) is 12.1. The van der Waals surface area contributed by atoms with Crippen LogP contribution in [0.4, 0.5) is 8.78 Å². The normalized spacial score (nSPS) is 13.7. The molecule has 0 spiro atoms. The highest BCUT2D eigenvalue weighted by Gasteiger charge is 2.22. The second-order valence-corrected chi connectivity index (χ2v) is 6.12. The van der Waals surface area contributed by atoms with Gasteiger partial charge < -0.3 is 15.0 Å². The first kappa shape index (κ1) is 16.0. The van der Waals surface area contributed by atoms with Crippen LogP contribution >= 0.6 is 11.6 Å². The fraction of sp³-hybridized carbons (Fsp3) is 0.176. The van der Waals surface area contributed by atoms with Crippen LogP contribution < -0.4 is 5.32 Å². The molecule has 0 unspecified atom stereocenters. The van der Waals surface area contributed by atoms with Crippen LogP contribution in [-0.2, 0) is 13.1 Å². The van der Waals surface area contributed by atoms with Crippen LogP contribution in [0, 0.1) is 11.6 Å². The van der Waals surface area contributed by atoms with Crippen molar-refractivity contribution >= 4 is 11.6 Å². The van der Waals surface area contributed by atoms with Gasteiger partial charge in [0.05, 0.1) is 17.1 Å². The third-order valence-corrected chi connectivity index (χ3v) is 4.46. The summed E-state index contributed by atoms with van der Waals surface area (Å²) < 4.78 is 30.7. The summed E-state index contributed by atoms with van der Waals surface area (Å²) in [6.07, 6.45) is 0. The Hall–Kier alpha value is -2.51. The maximum Gasteiger partial charge on any atom is 0.164 e. The van der Waals surface area contributed by atoms with Crippen LogP contribution in [0.5, 0.6) is 5.75 Å².